The van der Waals surface area contributed by atoms with E-state index >= 15 is 0 Å². The fraction of sp³-hybridized carbons (Fsp3) is 0.422. The highest BCUT2D eigenvalue weighted by Crippen LogP contribution is 2.31. The summed E-state index contributed by atoms with van der Waals surface area (Å²) in [5, 5.41) is 74.3. The molecule has 95 heavy (non-hydrogen) atoms. The van der Waals surface area contributed by atoms with E-state index in [1.807, 2.05) is 19.0 Å². The molecule has 0 spiro atoms. The number of hydrogen-bond donors (Lipinski definition) is 14. The number of fused-ring (bicyclic) bond motifs is 1. The van der Waals surface area contributed by atoms with Gasteiger partial charge in [-0.2, -0.15) is 0 Å². The Morgan fingerprint density at radius 3 is 1.64 bits per heavy atom. The minimum Gasteiger partial charge on any atom is -0.508 e. The molecule has 0 saturated carbocycles. The first-order chi connectivity index (χ1) is 45.5. The van der Waals surface area contributed by atoms with E-state index in [0.717, 1.165) is 0 Å². The lowest BCUT2D eigenvalue weighted by molar-refractivity contribution is -0.139. The third kappa shape index (κ3) is 25.0. The highest BCUT2D eigenvalue weighted by Gasteiger charge is 2.35. The number of carbonyl (C=O) groups excluding carboxylic acids is 9. The molecule has 0 bridgehead atoms. The molecule has 1 aliphatic rings. The van der Waals surface area contributed by atoms with Gasteiger partial charge in [0.25, 0.3) is 0 Å². The van der Waals surface area contributed by atoms with E-state index in [1.165, 1.54) is 54.3 Å². The number of aliphatic hydroxyl groups excluding tert-OH is 2. The number of alkyl carbamates (subject to hydrolysis) is 1. The van der Waals surface area contributed by atoms with Crippen molar-refractivity contribution in [1.29, 1.82) is 0 Å². The standard InChI is InChI=1S/C64H80N12O17S2/c1-37(79)65-28-12-10-18-44(54(83)66-41-22-25-43-52(32-41)95-62(73-43)61-74-51(36-94-61)63(90)91)67-59(88)49(33-77)72-58(87)47(30-38-14-6-4-7-15-38)71-57(86)48(31-39-20-23-42(80)24-21-39)70-56(85)46(26-27-53(81)82)69-55(84)45(19-11-13-29-76(2)3)68-60(89)50(34-78)75-64(92)93-35-40-16-8-5-9-17-40/h4-9,14-17,20-25,32,44-51,77-78,80H,10-13,18-19,26-31,33-36H2,1-3H3,(H,65,79)(H,66,83)(H,67,88)(H,68,89)(H,69,84)(H,70,85)(H,71,86)(H,72,87)(H,75,92)(H,81,82)(H,90,91)/t44?,45-,46?,47?,48?,49?,50-,51?/m0/s1. The number of phenols is 1. The van der Waals surface area contributed by atoms with Gasteiger partial charge in [0.15, 0.2) is 6.04 Å². The molecule has 1 aromatic heterocycles. The number of nitrogens with one attached hydrogen (secondary N) is 9. The quantitative estimate of drug-likeness (QED) is 0.0249. The van der Waals surface area contributed by atoms with Crippen molar-refractivity contribution in [1.82, 2.24) is 52.4 Å². The summed E-state index contributed by atoms with van der Waals surface area (Å²) in [6, 6.07) is 15.5. The van der Waals surface area contributed by atoms with Gasteiger partial charge in [-0.25, -0.2) is 14.6 Å². The van der Waals surface area contributed by atoms with Crippen LogP contribution in [0.4, 0.5) is 10.5 Å². The fourth-order valence-corrected chi connectivity index (χ4v) is 11.7. The molecule has 29 nitrogen and oxygen atoms in total. The van der Waals surface area contributed by atoms with E-state index in [0.29, 0.717) is 74.9 Å². The largest absolute Gasteiger partial charge is 0.508 e. The molecule has 6 rings (SSSR count). The van der Waals surface area contributed by atoms with Gasteiger partial charge in [0.1, 0.15) is 64.7 Å². The number of unbranched alkanes of at least 4 members (excludes halogenated alkanes) is 2. The lowest BCUT2D eigenvalue weighted by Crippen LogP contribution is -2.61. The lowest BCUT2D eigenvalue weighted by atomic mass is 10.0. The topological polar surface area (TPSA) is 435 Å². The minimum atomic E-state index is -1.74. The molecular weight excluding hydrogens is 1270 g/mol. The Balaban J connectivity index is 1.21. The number of thiazole rings is 1. The van der Waals surface area contributed by atoms with Crippen LogP contribution in [-0.4, -0.2) is 200 Å². The molecule has 4 aromatic carbocycles. The third-order valence-electron chi connectivity index (χ3n) is 14.7. The van der Waals surface area contributed by atoms with Gasteiger partial charge >= 0.3 is 18.0 Å². The highest BCUT2D eigenvalue weighted by atomic mass is 32.2. The molecule has 14 N–H and O–H groups in total. The number of carboxylic acid groups (broad SMARTS) is 2. The number of phenolic OH excluding ortho intramolecular Hbond substituents is 1. The number of nitrogens with zero attached hydrogens (tertiary/aromatic N) is 3. The average molecular weight is 1350 g/mol. The van der Waals surface area contributed by atoms with E-state index < -0.39 is 134 Å². The molecule has 2 heterocycles. The first-order valence-electron chi connectivity index (χ1n) is 30.6. The maximum Gasteiger partial charge on any atom is 0.408 e. The first kappa shape index (κ1) is 74.5. The minimum absolute atomic E-state index is 0.0200. The van der Waals surface area contributed by atoms with Crippen LogP contribution >= 0.6 is 23.1 Å². The van der Waals surface area contributed by atoms with Gasteiger partial charge in [0.2, 0.25) is 47.3 Å². The number of carboxylic acids is 2. The van der Waals surface area contributed by atoms with Gasteiger partial charge in [0.05, 0.1) is 23.4 Å². The number of amides is 9. The Hall–Kier alpha value is -9.56. The SMILES string of the molecule is CC(=O)NCCCCC(NC(=O)C(CO)NC(=O)C(Cc1ccccc1)NC(=O)C(Cc1ccc(O)cc1)NC(=O)C(CCC(=O)O)NC(=O)[C@H](CCCCN(C)C)NC(=O)[C@H](CO)NC(=O)OCc1ccccc1)C(=O)Nc1ccc2nc(C3=NC(C(=O)O)CS3)sc2c1. The molecule has 31 heteroatoms. The van der Waals surface area contributed by atoms with E-state index in [-0.39, 0.29) is 56.2 Å². The van der Waals surface area contributed by atoms with Gasteiger partial charge in [-0.3, -0.25) is 48.1 Å². The summed E-state index contributed by atoms with van der Waals surface area (Å²) in [4.78, 5) is 159. The maximum atomic E-state index is 14.8. The summed E-state index contributed by atoms with van der Waals surface area (Å²) in [5.74, 6) is -9.33. The van der Waals surface area contributed by atoms with Gasteiger partial charge < -0.3 is 83.0 Å². The Labute approximate surface area is 555 Å². The zero-order chi connectivity index (χ0) is 69.0. The number of benzene rings is 4. The van der Waals surface area contributed by atoms with Gasteiger partial charge in [-0.15, -0.1) is 23.1 Å². The second-order valence-corrected chi connectivity index (χ2v) is 24.6. The third-order valence-corrected chi connectivity index (χ3v) is 16.9. The highest BCUT2D eigenvalue weighted by molar-refractivity contribution is 8.15. The molecule has 6 unspecified atom stereocenters. The molecule has 0 radical (unpaired) electrons. The number of aliphatic hydroxyl groups is 2. The van der Waals surface area contributed by atoms with Crippen LogP contribution in [0, 0.1) is 0 Å². The predicted octanol–water partition coefficient (Wildman–Crippen LogP) is 1.46. The molecule has 8 atom stereocenters. The number of aromatic nitrogens is 1. The molecule has 9 amide bonds. The predicted molar refractivity (Wildman–Crippen MR) is 352 cm³/mol. The van der Waals surface area contributed by atoms with Crippen molar-refractivity contribution in [2.24, 2.45) is 4.99 Å². The van der Waals surface area contributed by atoms with E-state index in [4.69, 9.17) is 4.74 Å². The zero-order valence-corrected chi connectivity index (χ0v) is 54.2. The molecule has 1 aliphatic heterocycles. The number of ether oxygens (including phenoxy) is 1. The summed E-state index contributed by atoms with van der Waals surface area (Å²) in [6.07, 6.45) is -1.29. The monoisotopic (exact) mass is 1350 g/mol. The number of aliphatic carboxylic acids is 2. The summed E-state index contributed by atoms with van der Waals surface area (Å²) in [7, 11) is 3.66. The van der Waals surface area contributed by atoms with Crippen molar-refractivity contribution in [3.63, 3.8) is 0 Å². The van der Waals surface area contributed by atoms with Gasteiger partial charge in [-0.1, -0.05) is 72.8 Å². The van der Waals surface area contributed by atoms with Crippen molar-refractivity contribution in [2.45, 2.75) is 126 Å². The maximum absolute atomic E-state index is 14.8. The Kier molecular flexibility index (Phi) is 29.8. The molecular formula is C64H80N12O17S2. The average Bonchev–Trinajstić information content (AvgIpc) is 1.69. The molecule has 0 fully saturated rings. The van der Waals surface area contributed by atoms with Crippen LogP contribution in [-0.2, 0) is 72.1 Å². The van der Waals surface area contributed by atoms with Crippen LogP contribution in [0.1, 0.15) is 80.0 Å². The van der Waals surface area contributed by atoms with Gasteiger partial charge in [0, 0.05) is 44.2 Å². The van der Waals surface area contributed by atoms with Crippen molar-refractivity contribution in [3.05, 3.63) is 125 Å². The Morgan fingerprint density at radius 2 is 1.09 bits per heavy atom. The van der Waals surface area contributed by atoms with Crippen molar-refractivity contribution < 1.29 is 83.0 Å². The van der Waals surface area contributed by atoms with Crippen LogP contribution in [0.15, 0.2) is 108 Å². The normalized spacial score (nSPS) is 14.8. The first-order valence-corrected chi connectivity index (χ1v) is 32.4. The molecule has 0 saturated heterocycles. The zero-order valence-electron chi connectivity index (χ0n) is 52.5. The molecule has 510 valence electrons. The number of anilines is 1. The smallest absolute Gasteiger partial charge is 0.408 e. The number of rotatable bonds is 38. The summed E-state index contributed by atoms with van der Waals surface area (Å²) >= 11 is 2.50. The number of carbonyl (C=O) groups is 11. The second-order valence-electron chi connectivity index (χ2n) is 22.6. The second kappa shape index (κ2) is 38.0. The summed E-state index contributed by atoms with van der Waals surface area (Å²) in [5.41, 5.74) is 2.37. The number of thioether (sulfide) groups is 1. The number of aromatic hydroxyl groups is 1. The van der Waals surface area contributed by atoms with Crippen molar-refractivity contribution >= 4 is 109 Å². The van der Waals surface area contributed by atoms with Crippen molar-refractivity contribution in [2.75, 3.05) is 51.5 Å². The lowest BCUT2D eigenvalue weighted by Gasteiger charge is -2.28. The number of aliphatic imine (C=N–C) groups is 1. The van der Waals surface area contributed by atoms with Crippen LogP contribution in [0.25, 0.3) is 10.2 Å². The fourth-order valence-electron chi connectivity index (χ4n) is 9.59. The van der Waals surface area contributed by atoms with E-state index in [1.54, 1.807) is 78.9 Å². The van der Waals surface area contributed by atoms with Crippen LogP contribution in [0.3, 0.4) is 0 Å². The van der Waals surface area contributed by atoms with E-state index in [2.05, 4.69) is 57.8 Å². The van der Waals surface area contributed by atoms with Crippen molar-refractivity contribution in [3.8, 4) is 5.75 Å². The van der Waals surface area contributed by atoms with Crippen LogP contribution in [0.2, 0.25) is 0 Å². The van der Waals surface area contributed by atoms with Gasteiger partial charge in [-0.05, 0) is 113 Å². The number of hydrogen-bond acceptors (Lipinski definition) is 20. The Morgan fingerprint density at radius 1 is 0.589 bits per heavy atom. The molecule has 0 aliphatic carbocycles. The Bertz CT molecular complexity index is 3490. The summed E-state index contributed by atoms with van der Waals surface area (Å²) in [6.45, 7) is 0.0959. The summed E-state index contributed by atoms with van der Waals surface area (Å²) < 4.78 is 5.85. The van der Waals surface area contributed by atoms with Crippen LogP contribution in [0.5, 0.6) is 5.75 Å². The van der Waals surface area contributed by atoms with E-state index in [9.17, 15) is 78.3 Å². The molecule has 5 aromatic rings. The van der Waals surface area contributed by atoms with Crippen LogP contribution < -0.4 is 47.9 Å².